The second kappa shape index (κ2) is 12.9. The van der Waals surface area contributed by atoms with E-state index in [0.29, 0.717) is 5.56 Å². The number of hydrogen-bond donors (Lipinski definition) is 7. The highest BCUT2D eigenvalue weighted by molar-refractivity contribution is 6.72. The van der Waals surface area contributed by atoms with Crippen molar-refractivity contribution in [2.45, 2.75) is 120 Å². The highest BCUT2D eigenvalue weighted by Crippen LogP contribution is 2.62. The summed E-state index contributed by atoms with van der Waals surface area (Å²) in [7, 11) is -2.87. The van der Waals surface area contributed by atoms with Crippen LogP contribution in [0, 0.1) is 16.7 Å². The molecular formula is C35H49NO13Si. The maximum absolute atomic E-state index is 14.7. The van der Waals surface area contributed by atoms with Gasteiger partial charge in [0.15, 0.2) is 26.3 Å². The molecule has 2 bridgehead atoms. The van der Waals surface area contributed by atoms with E-state index in [9.17, 15) is 49.5 Å². The molecule has 3 fully saturated rings. The van der Waals surface area contributed by atoms with Gasteiger partial charge in [-0.1, -0.05) is 44.2 Å². The summed E-state index contributed by atoms with van der Waals surface area (Å²) >= 11 is 0. The monoisotopic (exact) mass is 719 g/mol. The Balaban J connectivity index is 1.59. The van der Waals surface area contributed by atoms with Crippen LogP contribution in [0.2, 0.25) is 19.1 Å². The number of carbonyl (C=O) groups is 4. The highest BCUT2D eigenvalue weighted by atomic mass is 28.4. The normalized spacial score (nSPS) is 37.5. The van der Waals surface area contributed by atoms with Gasteiger partial charge in [0.2, 0.25) is 5.91 Å². The molecule has 50 heavy (non-hydrogen) atoms. The van der Waals surface area contributed by atoms with Crippen LogP contribution in [0.4, 0.5) is 0 Å². The average molecular weight is 720 g/mol. The fourth-order valence-corrected chi connectivity index (χ4v) is 9.60. The van der Waals surface area contributed by atoms with Gasteiger partial charge in [-0.25, -0.2) is 4.79 Å². The standard InChI is InChI=1S/C35H49NO13Si/c1-17-20(49-31(43)26(40)25(19-11-9-8-10-12-19)36-23(39)15-50(6,7)46)14-35(45)30(42)28-33(5,21(38)13-22-34(28,44)16-47-22)29(41)27(48-18(2)37)24(17)32(35,3)4/h8-12,20-22,25-28,30,38,40,42,44-46H,13-16H2,1-7H3,(H,36,39)/t20-,21-,22+,25-,26+,27+,28-,30-,33+,34-,35+/m0/s1. The minimum atomic E-state index is -2.87. The minimum Gasteiger partial charge on any atom is -0.456 e. The number of aliphatic hydroxyl groups excluding tert-OH is 3. The molecule has 0 spiro atoms. The van der Waals surface area contributed by atoms with Crippen LogP contribution in [0.25, 0.3) is 0 Å². The van der Waals surface area contributed by atoms with E-state index in [1.54, 1.807) is 57.3 Å². The number of nitrogens with one attached hydrogen (secondary N) is 1. The molecule has 5 rings (SSSR count). The lowest BCUT2D eigenvalue weighted by Gasteiger charge is -2.66. The molecule has 4 aliphatic rings. The van der Waals surface area contributed by atoms with E-state index in [0.717, 1.165) is 6.92 Å². The summed E-state index contributed by atoms with van der Waals surface area (Å²) in [6.07, 6.45) is -10.1. The van der Waals surface area contributed by atoms with E-state index in [1.165, 1.54) is 13.8 Å². The van der Waals surface area contributed by atoms with Crippen LogP contribution in [-0.2, 0) is 33.4 Å². The lowest BCUT2D eigenvalue weighted by atomic mass is 9.45. The quantitative estimate of drug-likeness (QED) is 0.108. The number of benzene rings is 1. The van der Waals surface area contributed by atoms with Crippen LogP contribution in [0.5, 0.6) is 0 Å². The van der Waals surface area contributed by atoms with E-state index in [2.05, 4.69) is 5.32 Å². The van der Waals surface area contributed by atoms with Crippen LogP contribution in [0.3, 0.4) is 0 Å². The first kappa shape index (κ1) is 38.2. The van der Waals surface area contributed by atoms with Gasteiger partial charge < -0.3 is 49.9 Å². The van der Waals surface area contributed by atoms with Gasteiger partial charge in [0.1, 0.15) is 17.3 Å². The molecule has 3 aliphatic carbocycles. The zero-order valence-electron chi connectivity index (χ0n) is 29.4. The Bertz CT molecular complexity index is 1580. The molecule has 11 atom stereocenters. The summed E-state index contributed by atoms with van der Waals surface area (Å²) in [5, 5.41) is 62.2. The number of hydrogen-bond acceptors (Lipinski definition) is 13. The van der Waals surface area contributed by atoms with Gasteiger partial charge in [-0.3, -0.25) is 14.4 Å². The van der Waals surface area contributed by atoms with Crippen LogP contribution in [-0.4, -0.2) is 117 Å². The highest BCUT2D eigenvalue weighted by Gasteiger charge is 2.75. The van der Waals surface area contributed by atoms with E-state index in [-0.39, 0.29) is 30.2 Å². The van der Waals surface area contributed by atoms with Crippen LogP contribution in [0.15, 0.2) is 41.5 Å². The summed E-state index contributed by atoms with van der Waals surface area (Å²) < 4.78 is 17.0. The van der Waals surface area contributed by atoms with E-state index in [4.69, 9.17) is 14.2 Å². The minimum absolute atomic E-state index is 0.0340. The lowest BCUT2D eigenvalue weighted by Crippen LogP contribution is -2.80. The van der Waals surface area contributed by atoms with Crippen LogP contribution >= 0.6 is 0 Å². The topological polar surface area (TPSA) is 229 Å². The van der Waals surface area contributed by atoms with Gasteiger partial charge in [-0.2, -0.15) is 0 Å². The van der Waals surface area contributed by atoms with Gasteiger partial charge in [-0.15, -0.1) is 0 Å². The van der Waals surface area contributed by atoms with Crippen molar-refractivity contribution in [3.05, 3.63) is 47.0 Å². The molecule has 0 radical (unpaired) electrons. The van der Waals surface area contributed by atoms with Crippen molar-refractivity contribution in [3.8, 4) is 0 Å². The molecule has 14 nitrogen and oxygen atoms in total. The fraction of sp³-hybridized carbons (Fsp3) is 0.657. The number of Topliss-reactive ketones (excluding diaryl/α,β-unsaturated/α-hetero) is 1. The maximum Gasteiger partial charge on any atom is 0.338 e. The molecule has 1 aromatic rings. The fourth-order valence-electron chi connectivity index (χ4n) is 8.71. The number of ether oxygens (including phenoxy) is 3. The predicted molar refractivity (Wildman–Crippen MR) is 177 cm³/mol. The first-order valence-corrected chi connectivity index (χ1v) is 20.0. The van der Waals surface area contributed by atoms with Gasteiger partial charge in [-0.05, 0) is 43.7 Å². The van der Waals surface area contributed by atoms with Crippen molar-refractivity contribution in [1.29, 1.82) is 0 Å². The SMILES string of the molecule is CC(=O)O[C@H]1C(=O)[C@@]2(C)[C@H]([C@H](O)[C@]3(O)C[C@H](OC(=O)[C@H](O)[C@@H](NC(=O)C[Si](C)(C)O)c4ccccc4)C(C)=C1C3(C)C)[C@]1(O)CO[C@@H]1C[C@@H]2O. The Kier molecular flexibility index (Phi) is 9.84. The number of aliphatic hydroxyl groups is 5. The zero-order chi connectivity index (χ0) is 37.4. The molecule has 276 valence electrons. The third kappa shape index (κ3) is 6.04. The van der Waals surface area contributed by atoms with Crippen molar-refractivity contribution < 1.29 is 63.7 Å². The molecular weight excluding hydrogens is 670 g/mol. The predicted octanol–water partition coefficient (Wildman–Crippen LogP) is 0.184. The second-order valence-electron chi connectivity index (χ2n) is 15.8. The van der Waals surface area contributed by atoms with Crippen molar-refractivity contribution in [3.63, 3.8) is 0 Å². The van der Waals surface area contributed by atoms with Gasteiger partial charge in [0.05, 0.1) is 36.4 Å². The Morgan fingerprint density at radius 3 is 2.24 bits per heavy atom. The molecule has 1 aromatic carbocycles. The molecule has 1 saturated heterocycles. The van der Waals surface area contributed by atoms with Gasteiger partial charge in [0.25, 0.3) is 0 Å². The Morgan fingerprint density at radius 1 is 1.08 bits per heavy atom. The third-order valence-electron chi connectivity index (χ3n) is 11.6. The van der Waals surface area contributed by atoms with Crippen molar-refractivity contribution >= 4 is 31.9 Å². The molecule has 0 unspecified atom stereocenters. The average Bonchev–Trinajstić information content (AvgIpc) is 3.01. The number of fused-ring (bicyclic) bond motifs is 5. The lowest BCUT2D eigenvalue weighted by molar-refractivity contribution is -0.344. The van der Waals surface area contributed by atoms with Crippen molar-refractivity contribution in [2.24, 2.45) is 16.7 Å². The van der Waals surface area contributed by atoms with Gasteiger partial charge in [0, 0.05) is 37.1 Å². The molecule has 15 heteroatoms. The summed E-state index contributed by atoms with van der Waals surface area (Å²) in [5.41, 5.74) is -6.99. The summed E-state index contributed by atoms with van der Waals surface area (Å²) in [4.78, 5) is 64.2. The van der Waals surface area contributed by atoms with Crippen molar-refractivity contribution in [2.75, 3.05) is 6.61 Å². The first-order chi connectivity index (χ1) is 23.0. The molecule has 2 saturated carbocycles. The number of esters is 2. The Morgan fingerprint density at radius 2 is 1.70 bits per heavy atom. The van der Waals surface area contributed by atoms with E-state index >= 15 is 0 Å². The Hall–Kier alpha value is -3.02. The molecule has 1 aliphatic heterocycles. The summed E-state index contributed by atoms with van der Waals surface area (Å²) in [5.74, 6) is -4.99. The molecule has 0 aromatic heterocycles. The maximum atomic E-state index is 14.7. The Labute approximate surface area is 291 Å². The number of rotatable bonds is 8. The number of amides is 1. The van der Waals surface area contributed by atoms with Crippen LogP contribution in [0.1, 0.15) is 59.1 Å². The van der Waals surface area contributed by atoms with E-state index in [1.807, 2.05) is 0 Å². The summed E-state index contributed by atoms with van der Waals surface area (Å²) in [6.45, 7) is 9.90. The van der Waals surface area contributed by atoms with E-state index < -0.39 is 109 Å². The largest absolute Gasteiger partial charge is 0.456 e. The first-order valence-electron chi connectivity index (χ1n) is 16.8. The molecule has 1 amide bonds. The number of ketones is 1. The number of carbonyl (C=O) groups excluding carboxylic acids is 4. The second-order valence-corrected chi connectivity index (χ2v) is 19.7. The van der Waals surface area contributed by atoms with Crippen LogP contribution < -0.4 is 5.32 Å². The van der Waals surface area contributed by atoms with Gasteiger partial charge >= 0.3 is 11.9 Å². The zero-order valence-corrected chi connectivity index (χ0v) is 30.4. The van der Waals surface area contributed by atoms with Crippen molar-refractivity contribution in [1.82, 2.24) is 5.32 Å². The molecule has 1 heterocycles. The third-order valence-corrected chi connectivity index (χ3v) is 12.7. The smallest absolute Gasteiger partial charge is 0.338 e. The summed E-state index contributed by atoms with van der Waals surface area (Å²) in [6, 6.07) is 6.67. The molecule has 7 N–H and O–H groups in total.